The van der Waals surface area contributed by atoms with E-state index >= 15 is 0 Å². The van der Waals surface area contributed by atoms with E-state index < -0.39 is 0 Å². The maximum atomic E-state index is 10.9. The molecule has 0 aliphatic rings. The molecule has 1 aromatic rings. The summed E-state index contributed by atoms with van der Waals surface area (Å²) >= 11 is 0. The zero-order chi connectivity index (χ0) is 8.97. The summed E-state index contributed by atoms with van der Waals surface area (Å²) in [5, 5.41) is 2.85. The highest BCUT2D eigenvalue weighted by Gasteiger charge is 2.03. The van der Waals surface area contributed by atoms with Crippen LogP contribution in [0.1, 0.15) is 10.4 Å². The molecule has 0 saturated heterocycles. The number of rotatable bonds is 2. The molecule has 0 atom stereocenters. The van der Waals surface area contributed by atoms with Gasteiger partial charge in [-0.3, -0.25) is 0 Å². The van der Waals surface area contributed by atoms with Gasteiger partial charge in [0.1, 0.15) is 5.82 Å². The Labute approximate surface area is 70.6 Å². The molecule has 0 saturated carbocycles. The summed E-state index contributed by atoms with van der Waals surface area (Å²) < 4.78 is 4.51. The Bertz CT molecular complexity index is 269. The van der Waals surface area contributed by atoms with E-state index in [1.165, 1.54) is 13.3 Å². The second kappa shape index (κ2) is 3.71. The number of nitrogens with zero attached hydrogens (tertiary/aromatic N) is 1. The van der Waals surface area contributed by atoms with Gasteiger partial charge in [0.05, 0.1) is 12.7 Å². The van der Waals surface area contributed by atoms with Gasteiger partial charge in [-0.2, -0.15) is 0 Å². The molecule has 12 heavy (non-hydrogen) atoms. The van der Waals surface area contributed by atoms with Crippen LogP contribution in [0.15, 0.2) is 18.3 Å². The molecule has 1 heterocycles. The van der Waals surface area contributed by atoms with Gasteiger partial charge in [0, 0.05) is 13.2 Å². The molecule has 64 valence electrons. The van der Waals surface area contributed by atoms with Crippen molar-refractivity contribution < 1.29 is 9.53 Å². The number of ether oxygens (including phenoxy) is 1. The lowest BCUT2D eigenvalue weighted by molar-refractivity contribution is 0.0600. The van der Waals surface area contributed by atoms with Crippen LogP contribution in [0.25, 0.3) is 0 Å². The third kappa shape index (κ3) is 1.72. The van der Waals surface area contributed by atoms with E-state index in [0.717, 1.165) is 5.82 Å². The van der Waals surface area contributed by atoms with Gasteiger partial charge >= 0.3 is 5.97 Å². The van der Waals surface area contributed by atoms with Gasteiger partial charge in [-0.05, 0) is 12.1 Å². The first-order valence-corrected chi connectivity index (χ1v) is 3.50. The lowest BCUT2D eigenvalue weighted by Crippen LogP contribution is -2.02. The second-order valence-electron chi connectivity index (χ2n) is 2.17. The van der Waals surface area contributed by atoms with Crippen LogP contribution >= 0.6 is 0 Å². The maximum Gasteiger partial charge on any atom is 0.339 e. The minimum Gasteiger partial charge on any atom is -0.465 e. The van der Waals surface area contributed by atoms with Gasteiger partial charge in [-0.15, -0.1) is 0 Å². The van der Waals surface area contributed by atoms with Gasteiger partial charge in [0.2, 0.25) is 0 Å². The van der Waals surface area contributed by atoms with Gasteiger partial charge < -0.3 is 10.1 Å². The molecule has 1 aromatic heterocycles. The number of hydrogen-bond acceptors (Lipinski definition) is 4. The van der Waals surface area contributed by atoms with Gasteiger partial charge in [-0.1, -0.05) is 0 Å². The normalized spacial score (nSPS) is 9.17. The quantitative estimate of drug-likeness (QED) is 0.663. The summed E-state index contributed by atoms with van der Waals surface area (Å²) in [6.07, 6.45) is 1.47. The van der Waals surface area contributed by atoms with E-state index in [0.29, 0.717) is 5.56 Å². The first-order chi connectivity index (χ1) is 5.77. The van der Waals surface area contributed by atoms with Gasteiger partial charge in [0.15, 0.2) is 0 Å². The fourth-order valence-corrected chi connectivity index (χ4v) is 0.780. The standard InChI is InChI=1S/C8H10N2O2/c1-9-7-4-3-6(5-10-7)8(11)12-2/h3-5H,1-2H3,(H,9,10). The average Bonchev–Trinajstić information content (AvgIpc) is 2.17. The number of methoxy groups -OCH3 is 1. The molecule has 0 unspecified atom stereocenters. The minimum atomic E-state index is -0.370. The number of carbonyl (C=O) groups is 1. The number of anilines is 1. The molecule has 1 rings (SSSR count). The first kappa shape index (κ1) is 8.52. The van der Waals surface area contributed by atoms with E-state index in [-0.39, 0.29) is 5.97 Å². The number of esters is 1. The lowest BCUT2D eigenvalue weighted by atomic mass is 10.3. The summed E-state index contributed by atoms with van der Waals surface area (Å²) in [7, 11) is 3.11. The van der Waals surface area contributed by atoms with Crippen molar-refractivity contribution in [2.75, 3.05) is 19.5 Å². The lowest BCUT2D eigenvalue weighted by Gasteiger charge is -2.00. The molecule has 0 aliphatic carbocycles. The maximum absolute atomic E-state index is 10.9. The van der Waals surface area contributed by atoms with Crippen LogP contribution in [0, 0.1) is 0 Å². The third-order valence-corrected chi connectivity index (χ3v) is 1.44. The van der Waals surface area contributed by atoms with Crippen LogP contribution in [0.5, 0.6) is 0 Å². The SMILES string of the molecule is CNc1ccc(C(=O)OC)cn1. The van der Waals surface area contributed by atoms with Crippen molar-refractivity contribution in [1.29, 1.82) is 0 Å². The number of pyridine rings is 1. The molecule has 1 N–H and O–H groups in total. The molecule has 4 heteroatoms. The van der Waals surface area contributed by atoms with E-state index in [9.17, 15) is 4.79 Å². The van der Waals surface area contributed by atoms with Crippen LogP contribution in [-0.2, 0) is 4.74 Å². The Hall–Kier alpha value is -1.58. The van der Waals surface area contributed by atoms with Crippen molar-refractivity contribution in [3.05, 3.63) is 23.9 Å². The highest BCUT2D eigenvalue weighted by molar-refractivity contribution is 5.89. The summed E-state index contributed by atoms with van der Waals surface area (Å²) in [4.78, 5) is 14.9. The van der Waals surface area contributed by atoms with Crippen molar-refractivity contribution in [2.24, 2.45) is 0 Å². The van der Waals surface area contributed by atoms with E-state index in [1.807, 2.05) is 0 Å². The molecule has 0 fully saturated rings. The highest BCUT2D eigenvalue weighted by Crippen LogP contribution is 2.04. The molecular formula is C8H10N2O2. The summed E-state index contributed by atoms with van der Waals surface area (Å²) in [5.41, 5.74) is 0.455. The molecule has 0 aromatic carbocycles. The molecule has 0 radical (unpaired) electrons. The zero-order valence-electron chi connectivity index (χ0n) is 7.00. The highest BCUT2D eigenvalue weighted by atomic mass is 16.5. The largest absolute Gasteiger partial charge is 0.465 e. The van der Waals surface area contributed by atoms with Crippen LogP contribution in [-0.4, -0.2) is 25.1 Å². The zero-order valence-corrected chi connectivity index (χ0v) is 7.00. The Morgan fingerprint density at radius 3 is 2.75 bits per heavy atom. The van der Waals surface area contributed by atoms with E-state index in [1.54, 1.807) is 19.2 Å². The van der Waals surface area contributed by atoms with Gasteiger partial charge in [0.25, 0.3) is 0 Å². The van der Waals surface area contributed by atoms with Crippen molar-refractivity contribution in [2.45, 2.75) is 0 Å². The Morgan fingerprint density at radius 2 is 2.33 bits per heavy atom. The van der Waals surface area contributed by atoms with Crippen LogP contribution in [0.3, 0.4) is 0 Å². The molecule has 0 bridgehead atoms. The smallest absolute Gasteiger partial charge is 0.339 e. The molecular weight excluding hydrogens is 156 g/mol. The van der Waals surface area contributed by atoms with E-state index in [4.69, 9.17) is 0 Å². The van der Waals surface area contributed by atoms with Gasteiger partial charge in [-0.25, -0.2) is 9.78 Å². The second-order valence-corrected chi connectivity index (χ2v) is 2.17. The van der Waals surface area contributed by atoms with Crippen LogP contribution in [0.4, 0.5) is 5.82 Å². The monoisotopic (exact) mass is 166 g/mol. The number of nitrogens with one attached hydrogen (secondary N) is 1. The molecule has 4 nitrogen and oxygen atoms in total. The predicted molar refractivity (Wildman–Crippen MR) is 45.1 cm³/mol. The Balaban J connectivity index is 2.84. The fraction of sp³-hybridized carbons (Fsp3) is 0.250. The van der Waals surface area contributed by atoms with Crippen LogP contribution in [0.2, 0.25) is 0 Å². The Kier molecular flexibility index (Phi) is 2.63. The summed E-state index contributed by atoms with van der Waals surface area (Å²) in [5.74, 6) is 0.354. The van der Waals surface area contributed by atoms with Crippen molar-refractivity contribution in [1.82, 2.24) is 4.98 Å². The minimum absolute atomic E-state index is 0.370. The average molecular weight is 166 g/mol. The number of carbonyl (C=O) groups excluding carboxylic acids is 1. The molecule has 0 spiro atoms. The first-order valence-electron chi connectivity index (χ1n) is 3.50. The molecule has 0 aliphatic heterocycles. The number of hydrogen-bond donors (Lipinski definition) is 1. The van der Waals surface area contributed by atoms with Crippen molar-refractivity contribution >= 4 is 11.8 Å². The predicted octanol–water partition coefficient (Wildman–Crippen LogP) is 0.910. The van der Waals surface area contributed by atoms with Crippen LogP contribution < -0.4 is 5.32 Å². The van der Waals surface area contributed by atoms with Crippen molar-refractivity contribution in [3.63, 3.8) is 0 Å². The van der Waals surface area contributed by atoms with E-state index in [2.05, 4.69) is 15.0 Å². The Morgan fingerprint density at radius 1 is 1.58 bits per heavy atom. The summed E-state index contributed by atoms with van der Waals surface area (Å²) in [6, 6.07) is 3.37. The summed E-state index contributed by atoms with van der Waals surface area (Å²) in [6.45, 7) is 0. The van der Waals surface area contributed by atoms with Crippen molar-refractivity contribution in [3.8, 4) is 0 Å². The fourth-order valence-electron chi connectivity index (χ4n) is 0.780. The topological polar surface area (TPSA) is 51.2 Å². The number of aromatic nitrogens is 1. The third-order valence-electron chi connectivity index (χ3n) is 1.44. The molecule has 0 amide bonds.